The van der Waals surface area contributed by atoms with Crippen LogP contribution in [0.5, 0.6) is 5.88 Å². The minimum absolute atomic E-state index is 0.0420. The molecule has 3 heterocycles. The van der Waals surface area contributed by atoms with Gasteiger partial charge in [-0.3, -0.25) is 0 Å². The zero-order valence-electron chi connectivity index (χ0n) is 12.4. The number of halogens is 3. The normalized spacial score (nSPS) is 19.0. The zero-order chi connectivity index (χ0) is 16.4. The summed E-state index contributed by atoms with van der Waals surface area (Å²) in [5, 5.41) is 1.60. The van der Waals surface area contributed by atoms with Crippen molar-refractivity contribution in [3.63, 3.8) is 0 Å². The predicted octanol–water partition coefficient (Wildman–Crippen LogP) is 3.34. The van der Waals surface area contributed by atoms with E-state index in [0.29, 0.717) is 23.4 Å². The second-order valence-corrected chi connectivity index (χ2v) is 6.14. The van der Waals surface area contributed by atoms with Crippen LogP contribution in [0.15, 0.2) is 17.6 Å². The van der Waals surface area contributed by atoms with Gasteiger partial charge in [0.15, 0.2) is 5.69 Å². The summed E-state index contributed by atoms with van der Waals surface area (Å²) in [5.74, 6) is 0.951. The van der Waals surface area contributed by atoms with Gasteiger partial charge in [0, 0.05) is 36.7 Å². The number of piperidine rings is 1. The van der Waals surface area contributed by atoms with Gasteiger partial charge in [-0.15, -0.1) is 11.3 Å². The summed E-state index contributed by atoms with van der Waals surface area (Å²) in [6, 6.07) is 1.65. The third-order valence-electron chi connectivity index (χ3n) is 3.69. The van der Waals surface area contributed by atoms with Crippen molar-refractivity contribution in [3.05, 3.63) is 28.3 Å². The molecule has 5 nitrogen and oxygen atoms in total. The molecule has 9 heteroatoms. The molecule has 0 saturated carbocycles. The monoisotopic (exact) mass is 344 g/mol. The van der Waals surface area contributed by atoms with Crippen LogP contribution in [0.25, 0.3) is 0 Å². The molecule has 0 amide bonds. The summed E-state index contributed by atoms with van der Waals surface area (Å²) in [6.07, 6.45) is -1.12. The number of nitrogens with zero attached hydrogens (tertiary/aromatic N) is 4. The van der Waals surface area contributed by atoms with E-state index < -0.39 is 11.9 Å². The molecule has 1 aliphatic heterocycles. The molecule has 0 aliphatic carbocycles. The highest BCUT2D eigenvalue weighted by Crippen LogP contribution is 2.35. The van der Waals surface area contributed by atoms with E-state index >= 15 is 0 Å². The van der Waals surface area contributed by atoms with Crippen molar-refractivity contribution in [2.45, 2.75) is 24.9 Å². The number of ether oxygens (including phenoxy) is 1. The number of thiazole rings is 1. The fourth-order valence-electron chi connectivity index (χ4n) is 2.56. The molecule has 0 radical (unpaired) electrons. The lowest BCUT2D eigenvalue weighted by molar-refractivity contribution is -0.140. The van der Waals surface area contributed by atoms with Crippen molar-refractivity contribution in [1.82, 2.24) is 15.0 Å². The van der Waals surface area contributed by atoms with E-state index in [1.165, 1.54) is 7.11 Å². The Morgan fingerprint density at radius 3 is 2.87 bits per heavy atom. The van der Waals surface area contributed by atoms with Crippen molar-refractivity contribution in [1.29, 1.82) is 0 Å². The van der Waals surface area contributed by atoms with Crippen molar-refractivity contribution in [3.8, 4) is 5.88 Å². The summed E-state index contributed by atoms with van der Waals surface area (Å²) in [6.45, 7) is 1.32. The Morgan fingerprint density at radius 2 is 2.17 bits per heavy atom. The average Bonchev–Trinajstić information content (AvgIpc) is 3.05. The SMILES string of the molecule is COc1ccnc(N2CCCC(c3nc(C(F)(F)F)cs3)C2)n1. The van der Waals surface area contributed by atoms with Crippen LogP contribution in [-0.4, -0.2) is 35.2 Å². The molecule has 0 aromatic carbocycles. The number of hydrogen-bond donors (Lipinski definition) is 0. The van der Waals surface area contributed by atoms with Gasteiger partial charge in [-0.25, -0.2) is 9.97 Å². The molecule has 3 rings (SSSR count). The van der Waals surface area contributed by atoms with Gasteiger partial charge in [0.2, 0.25) is 11.8 Å². The number of hydrogen-bond acceptors (Lipinski definition) is 6. The molecular formula is C14H15F3N4OS. The van der Waals surface area contributed by atoms with Gasteiger partial charge in [-0.05, 0) is 12.8 Å². The van der Waals surface area contributed by atoms with Crippen LogP contribution >= 0.6 is 11.3 Å². The Balaban J connectivity index is 1.76. The smallest absolute Gasteiger partial charge is 0.434 e. The molecular weight excluding hydrogens is 329 g/mol. The summed E-state index contributed by atoms with van der Waals surface area (Å²) in [7, 11) is 1.53. The number of aromatic nitrogens is 3. The van der Waals surface area contributed by atoms with E-state index in [1.807, 2.05) is 4.90 Å². The van der Waals surface area contributed by atoms with Gasteiger partial charge in [0.1, 0.15) is 0 Å². The summed E-state index contributed by atoms with van der Waals surface area (Å²) < 4.78 is 43.2. The van der Waals surface area contributed by atoms with Gasteiger partial charge in [0.25, 0.3) is 0 Å². The van der Waals surface area contributed by atoms with Gasteiger partial charge in [0.05, 0.1) is 12.1 Å². The number of methoxy groups -OCH3 is 1. The predicted molar refractivity (Wildman–Crippen MR) is 79.9 cm³/mol. The lowest BCUT2D eigenvalue weighted by Gasteiger charge is -2.31. The molecule has 2 aromatic heterocycles. The minimum atomic E-state index is -4.39. The highest BCUT2D eigenvalue weighted by Gasteiger charge is 2.35. The van der Waals surface area contributed by atoms with E-state index in [2.05, 4.69) is 15.0 Å². The van der Waals surface area contributed by atoms with Gasteiger partial charge >= 0.3 is 6.18 Å². The first-order valence-corrected chi connectivity index (χ1v) is 8.00. The molecule has 0 N–H and O–H groups in total. The topological polar surface area (TPSA) is 51.1 Å². The Labute approximate surface area is 135 Å². The quantitative estimate of drug-likeness (QED) is 0.855. The van der Waals surface area contributed by atoms with Crippen molar-refractivity contribution in [2.75, 3.05) is 25.1 Å². The molecule has 1 atom stereocenters. The fraction of sp³-hybridized carbons (Fsp3) is 0.500. The Hall–Kier alpha value is -1.90. The van der Waals surface area contributed by atoms with Crippen LogP contribution in [0.2, 0.25) is 0 Å². The number of anilines is 1. The maximum atomic E-state index is 12.7. The first-order valence-electron chi connectivity index (χ1n) is 7.12. The molecule has 1 fully saturated rings. The van der Waals surface area contributed by atoms with Crippen LogP contribution in [-0.2, 0) is 6.18 Å². The van der Waals surface area contributed by atoms with E-state index in [0.717, 1.165) is 36.1 Å². The van der Waals surface area contributed by atoms with E-state index in [1.54, 1.807) is 12.3 Å². The number of alkyl halides is 3. The molecule has 23 heavy (non-hydrogen) atoms. The third kappa shape index (κ3) is 3.54. The van der Waals surface area contributed by atoms with Crippen LogP contribution in [0.1, 0.15) is 29.5 Å². The molecule has 124 valence electrons. The van der Waals surface area contributed by atoms with Crippen LogP contribution in [0.4, 0.5) is 19.1 Å². The third-order valence-corrected chi connectivity index (χ3v) is 4.70. The van der Waals surface area contributed by atoms with Crippen LogP contribution in [0, 0.1) is 0 Å². The van der Waals surface area contributed by atoms with Crippen molar-refractivity contribution < 1.29 is 17.9 Å². The lowest BCUT2D eigenvalue weighted by Crippen LogP contribution is -2.35. The standard InChI is InChI=1S/C14H15F3N4OS/c1-22-11-4-5-18-13(20-11)21-6-2-3-9(7-21)12-19-10(8-23-12)14(15,16)17/h4-5,8-9H,2-3,6-7H2,1H3. The molecule has 1 aliphatic rings. The van der Waals surface area contributed by atoms with E-state index in [4.69, 9.17) is 4.74 Å². The van der Waals surface area contributed by atoms with Crippen LogP contribution < -0.4 is 9.64 Å². The summed E-state index contributed by atoms with van der Waals surface area (Å²) in [4.78, 5) is 14.2. The van der Waals surface area contributed by atoms with E-state index in [9.17, 15) is 13.2 Å². The van der Waals surface area contributed by atoms with E-state index in [-0.39, 0.29) is 5.92 Å². The molecule has 0 spiro atoms. The van der Waals surface area contributed by atoms with Gasteiger partial charge < -0.3 is 9.64 Å². The highest BCUT2D eigenvalue weighted by atomic mass is 32.1. The zero-order valence-corrected chi connectivity index (χ0v) is 13.2. The highest BCUT2D eigenvalue weighted by molar-refractivity contribution is 7.09. The molecule has 1 unspecified atom stereocenters. The van der Waals surface area contributed by atoms with Crippen LogP contribution in [0.3, 0.4) is 0 Å². The summed E-state index contributed by atoms with van der Waals surface area (Å²) in [5.41, 5.74) is -0.813. The first kappa shape index (κ1) is 16.0. The van der Waals surface area contributed by atoms with Gasteiger partial charge in [-0.2, -0.15) is 18.2 Å². The summed E-state index contributed by atoms with van der Waals surface area (Å²) >= 11 is 1.06. The second-order valence-electron chi connectivity index (χ2n) is 5.25. The van der Waals surface area contributed by atoms with Crippen molar-refractivity contribution >= 4 is 17.3 Å². The first-order chi connectivity index (χ1) is 11.0. The largest absolute Gasteiger partial charge is 0.481 e. The maximum Gasteiger partial charge on any atom is 0.434 e. The Kier molecular flexibility index (Phi) is 4.38. The van der Waals surface area contributed by atoms with Gasteiger partial charge in [-0.1, -0.05) is 0 Å². The number of rotatable bonds is 3. The average molecular weight is 344 g/mol. The fourth-order valence-corrected chi connectivity index (χ4v) is 3.52. The maximum absolute atomic E-state index is 12.7. The molecule has 1 saturated heterocycles. The minimum Gasteiger partial charge on any atom is -0.481 e. The Bertz CT molecular complexity index is 676. The lowest BCUT2D eigenvalue weighted by atomic mass is 9.99. The van der Waals surface area contributed by atoms with Crippen molar-refractivity contribution in [2.24, 2.45) is 0 Å². The second kappa shape index (κ2) is 6.31. The molecule has 2 aromatic rings. The molecule has 0 bridgehead atoms. The Morgan fingerprint density at radius 1 is 1.35 bits per heavy atom.